The third-order valence-corrected chi connectivity index (χ3v) is 6.77. The van der Waals surface area contributed by atoms with E-state index in [2.05, 4.69) is 15.3 Å². The lowest BCUT2D eigenvalue weighted by Crippen LogP contribution is -2.41. The molecule has 0 unspecified atom stereocenters. The zero-order valence-corrected chi connectivity index (χ0v) is 18.1. The van der Waals surface area contributed by atoms with Crippen molar-refractivity contribution in [1.29, 1.82) is 0 Å². The fourth-order valence-electron chi connectivity index (χ4n) is 5.43. The summed E-state index contributed by atoms with van der Waals surface area (Å²) < 4.78 is 6.33. The van der Waals surface area contributed by atoms with Crippen molar-refractivity contribution < 1.29 is 24.2 Å². The zero-order chi connectivity index (χ0) is 22.8. The number of likely N-dealkylation sites (tertiary alicyclic amines) is 1. The molecule has 10 heteroatoms. The van der Waals surface area contributed by atoms with Crippen LogP contribution in [0.2, 0.25) is 0 Å². The van der Waals surface area contributed by atoms with Gasteiger partial charge in [-0.15, -0.1) is 0 Å². The van der Waals surface area contributed by atoms with Gasteiger partial charge in [0.2, 0.25) is 11.8 Å². The smallest absolute Gasteiger partial charge is 0.345 e. The second-order valence-corrected chi connectivity index (χ2v) is 8.58. The van der Waals surface area contributed by atoms with Gasteiger partial charge in [0.05, 0.1) is 18.2 Å². The molecule has 3 N–H and O–H groups in total. The van der Waals surface area contributed by atoms with Crippen LogP contribution in [0.15, 0.2) is 4.79 Å². The second kappa shape index (κ2) is 9.17. The summed E-state index contributed by atoms with van der Waals surface area (Å²) in [7, 11) is 0. The summed E-state index contributed by atoms with van der Waals surface area (Å²) in [5.74, 6) is 0.658. The largest absolute Gasteiger partial charge is 0.483 e. The van der Waals surface area contributed by atoms with Crippen LogP contribution in [0.3, 0.4) is 0 Å². The standard InChI is InChI=1S/C20H28N4O4.CH2O2/c1-11-14(12(2)23-19(27)22-11)4-5-18(26)24-9-16-15(8-21-13(3)25)17-6-7-20(16,10-24)28-17;2-1-3/h15-17H,4-10H2,1-3H3,(H,21,25)(H,22,23,27);1H,(H,2,3)/t15-,16+,17+,20+;/m0./s1. The van der Waals surface area contributed by atoms with E-state index < -0.39 is 0 Å². The number of carboxylic acid groups (broad SMARTS) is 1. The topological polar surface area (TPSA) is 142 Å². The summed E-state index contributed by atoms with van der Waals surface area (Å²) in [6, 6.07) is 0. The molecule has 4 rings (SSSR count). The summed E-state index contributed by atoms with van der Waals surface area (Å²) in [5, 5.41) is 9.82. The molecule has 1 aromatic heterocycles. The van der Waals surface area contributed by atoms with E-state index in [9.17, 15) is 14.4 Å². The molecule has 4 heterocycles. The number of amides is 2. The van der Waals surface area contributed by atoms with Crippen LogP contribution in [0, 0.1) is 25.7 Å². The molecule has 2 bridgehead atoms. The average molecular weight is 434 g/mol. The SMILES string of the molecule is CC(=O)NC[C@H]1[C@H]2CN(C(=O)CCc3c(C)nc(=O)[nH]c3C)C[C@]23CC[C@H]1O3.O=CO. The maximum absolute atomic E-state index is 12.9. The highest BCUT2D eigenvalue weighted by molar-refractivity contribution is 5.77. The maximum atomic E-state index is 12.9. The Labute approximate surface area is 180 Å². The van der Waals surface area contributed by atoms with Crippen LogP contribution < -0.4 is 11.0 Å². The number of H-pyrrole nitrogens is 1. The molecule has 10 nitrogen and oxygen atoms in total. The fraction of sp³-hybridized carbons (Fsp3) is 0.667. The molecule has 3 aliphatic rings. The third-order valence-electron chi connectivity index (χ3n) is 6.77. The molecule has 3 saturated heterocycles. The molecule has 0 aliphatic carbocycles. The van der Waals surface area contributed by atoms with E-state index in [1.54, 1.807) is 6.92 Å². The number of aromatic nitrogens is 2. The first-order valence-corrected chi connectivity index (χ1v) is 10.5. The van der Waals surface area contributed by atoms with Crippen LogP contribution in [0.5, 0.6) is 0 Å². The second-order valence-electron chi connectivity index (χ2n) is 8.58. The van der Waals surface area contributed by atoms with Gasteiger partial charge in [-0.05, 0) is 38.7 Å². The van der Waals surface area contributed by atoms with E-state index in [4.69, 9.17) is 14.6 Å². The molecule has 2 amide bonds. The van der Waals surface area contributed by atoms with E-state index in [1.807, 2.05) is 11.8 Å². The van der Waals surface area contributed by atoms with Crippen molar-refractivity contribution in [3.63, 3.8) is 0 Å². The number of carbonyl (C=O) groups excluding carboxylic acids is 2. The lowest BCUT2D eigenvalue weighted by molar-refractivity contribution is -0.131. The van der Waals surface area contributed by atoms with E-state index in [0.29, 0.717) is 44.1 Å². The Bertz CT molecular complexity index is 889. The highest BCUT2D eigenvalue weighted by Crippen LogP contribution is 2.54. The first kappa shape index (κ1) is 22.9. The number of hydrogen-bond donors (Lipinski definition) is 3. The molecule has 1 aromatic rings. The molecule has 170 valence electrons. The number of aromatic amines is 1. The molecule has 0 saturated carbocycles. The maximum Gasteiger partial charge on any atom is 0.345 e. The monoisotopic (exact) mass is 434 g/mol. The number of nitrogens with one attached hydrogen (secondary N) is 2. The molecule has 0 radical (unpaired) electrons. The molecular weight excluding hydrogens is 404 g/mol. The van der Waals surface area contributed by atoms with Crippen molar-refractivity contribution in [2.75, 3.05) is 19.6 Å². The summed E-state index contributed by atoms with van der Waals surface area (Å²) >= 11 is 0. The number of carbonyl (C=O) groups is 3. The first-order valence-electron chi connectivity index (χ1n) is 10.5. The lowest BCUT2D eigenvalue weighted by atomic mass is 9.73. The van der Waals surface area contributed by atoms with Crippen LogP contribution in [-0.2, 0) is 25.5 Å². The normalized spacial score (nSPS) is 28.0. The number of rotatable bonds is 5. The molecule has 3 aliphatic heterocycles. The molecule has 4 atom stereocenters. The fourth-order valence-corrected chi connectivity index (χ4v) is 5.43. The summed E-state index contributed by atoms with van der Waals surface area (Å²) in [4.78, 5) is 52.6. The Morgan fingerprint density at radius 2 is 2.13 bits per heavy atom. The third kappa shape index (κ3) is 4.63. The molecular formula is C21H30N4O6. The van der Waals surface area contributed by atoms with Gasteiger partial charge < -0.3 is 25.0 Å². The number of aryl methyl sites for hydroxylation is 2. The Kier molecular flexibility index (Phi) is 6.78. The minimum Gasteiger partial charge on any atom is -0.483 e. The van der Waals surface area contributed by atoms with E-state index in [1.165, 1.54) is 6.92 Å². The summed E-state index contributed by atoms with van der Waals surface area (Å²) in [5.41, 5.74) is 1.82. The summed E-state index contributed by atoms with van der Waals surface area (Å²) in [6.07, 6.45) is 3.15. The number of fused-ring (bicyclic) bond motifs is 1. The van der Waals surface area contributed by atoms with Crippen LogP contribution in [-0.4, -0.2) is 69.6 Å². The van der Waals surface area contributed by atoms with Gasteiger partial charge in [0.1, 0.15) is 0 Å². The number of ether oxygens (including phenoxy) is 1. The van der Waals surface area contributed by atoms with Gasteiger partial charge in [0.15, 0.2) is 0 Å². The van der Waals surface area contributed by atoms with Crippen molar-refractivity contribution in [2.45, 2.75) is 58.2 Å². The van der Waals surface area contributed by atoms with Crippen LogP contribution in [0.4, 0.5) is 0 Å². The van der Waals surface area contributed by atoms with Crippen LogP contribution >= 0.6 is 0 Å². The minimum atomic E-state index is -0.352. The van der Waals surface area contributed by atoms with Crippen LogP contribution in [0.1, 0.15) is 43.1 Å². The predicted molar refractivity (Wildman–Crippen MR) is 110 cm³/mol. The van der Waals surface area contributed by atoms with Crippen molar-refractivity contribution in [1.82, 2.24) is 20.2 Å². The van der Waals surface area contributed by atoms with Crippen molar-refractivity contribution in [2.24, 2.45) is 11.8 Å². The zero-order valence-electron chi connectivity index (χ0n) is 18.1. The van der Waals surface area contributed by atoms with E-state index >= 15 is 0 Å². The van der Waals surface area contributed by atoms with Gasteiger partial charge in [-0.1, -0.05) is 0 Å². The predicted octanol–water partition coefficient (Wildman–Crippen LogP) is 0.162. The van der Waals surface area contributed by atoms with Crippen molar-refractivity contribution in [3.8, 4) is 0 Å². The highest BCUT2D eigenvalue weighted by Gasteiger charge is 2.63. The van der Waals surface area contributed by atoms with Gasteiger partial charge in [0, 0.05) is 49.7 Å². The van der Waals surface area contributed by atoms with E-state index in [0.717, 1.165) is 24.1 Å². The molecule has 3 fully saturated rings. The highest BCUT2D eigenvalue weighted by atomic mass is 16.5. The quantitative estimate of drug-likeness (QED) is 0.561. The average Bonchev–Trinajstić information content (AvgIpc) is 3.34. The van der Waals surface area contributed by atoms with Gasteiger partial charge in [-0.2, -0.15) is 4.98 Å². The van der Waals surface area contributed by atoms with Crippen molar-refractivity contribution in [3.05, 3.63) is 27.4 Å². The van der Waals surface area contributed by atoms with Gasteiger partial charge in [0.25, 0.3) is 6.47 Å². The molecule has 1 spiro atoms. The molecule has 0 aromatic carbocycles. The Morgan fingerprint density at radius 3 is 2.77 bits per heavy atom. The Hall–Kier alpha value is -2.75. The molecule has 31 heavy (non-hydrogen) atoms. The Morgan fingerprint density at radius 1 is 1.42 bits per heavy atom. The Balaban J connectivity index is 0.000000858. The lowest BCUT2D eigenvalue weighted by Gasteiger charge is -2.29. The van der Waals surface area contributed by atoms with Gasteiger partial charge >= 0.3 is 5.69 Å². The summed E-state index contributed by atoms with van der Waals surface area (Å²) in [6.45, 7) is 6.89. The van der Waals surface area contributed by atoms with Crippen LogP contribution in [0.25, 0.3) is 0 Å². The van der Waals surface area contributed by atoms with Gasteiger partial charge in [-0.25, -0.2) is 4.79 Å². The number of nitrogens with zero attached hydrogens (tertiary/aromatic N) is 2. The first-order chi connectivity index (χ1) is 14.7. The minimum absolute atomic E-state index is 0.0250. The van der Waals surface area contributed by atoms with E-state index in [-0.39, 0.29) is 41.6 Å². The van der Waals surface area contributed by atoms with Crippen molar-refractivity contribution >= 4 is 18.3 Å². The number of hydrogen-bond acceptors (Lipinski definition) is 6. The van der Waals surface area contributed by atoms with Gasteiger partial charge in [-0.3, -0.25) is 14.4 Å².